The molecule has 0 radical (unpaired) electrons. The van der Waals surface area contributed by atoms with Crippen LogP contribution in [0.2, 0.25) is 0 Å². The van der Waals surface area contributed by atoms with Crippen LogP contribution in [-0.4, -0.2) is 104 Å². The van der Waals surface area contributed by atoms with E-state index in [0.29, 0.717) is 5.56 Å². The first-order valence-corrected chi connectivity index (χ1v) is 18.3. The number of esters is 1. The molecule has 1 unspecified atom stereocenters. The Morgan fingerprint density at radius 1 is 0.839 bits per heavy atom. The zero-order chi connectivity index (χ0) is 39.8. The van der Waals surface area contributed by atoms with Crippen molar-refractivity contribution in [3.8, 4) is 0 Å². The molecule has 3 fully saturated rings. The Balaban J connectivity index is 1.39. The van der Waals surface area contributed by atoms with Crippen molar-refractivity contribution in [2.45, 2.75) is 108 Å². The third-order valence-corrected chi connectivity index (χ3v) is 9.36. The van der Waals surface area contributed by atoms with Gasteiger partial charge in [0.2, 0.25) is 0 Å². The van der Waals surface area contributed by atoms with Gasteiger partial charge in [-0.25, -0.2) is 19.3 Å². The Morgan fingerprint density at radius 3 is 2.00 bits per heavy atom. The highest BCUT2D eigenvalue weighted by atomic mass is 16.7. The third-order valence-electron chi connectivity index (χ3n) is 9.36. The van der Waals surface area contributed by atoms with E-state index in [1.807, 2.05) is 60.7 Å². The lowest BCUT2D eigenvalue weighted by Crippen LogP contribution is -2.66. The van der Waals surface area contributed by atoms with E-state index in [9.17, 15) is 19.9 Å². The summed E-state index contributed by atoms with van der Waals surface area (Å²) in [6.07, 6.45) is -10.7. The number of carbonyl (C=O) groups excluding carboxylic acids is 3. The van der Waals surface area contributed by atoms with Crippen LogP contribution >= 0.6 is 0 Å². The van der Waals surface area contributed by atoms with E-state index in [0.717, 1.165) is 16.0 Å². The average molecular weight is 775 g/mol. The van der Waals surface area contributed by atoms with Crippen LogP contribution in [0, 0.1) is 0 Å². The van der Waals surface area contributed by atoms with Crippen molar-refractivity contribution < 1.29 is 57.0 Å². The monoisotopic (exact) mass is 774 g/mol. The molecule has 3 saturated heterocycles. The van der Waals surface area contributed by atoms with Crippen molar-refractivity contribution in [2.75, 3.05) is 13.7 Å². The highest BCUT2D eigenvalue weighted by Gasteiger charge is 2.60. The lowest BCUT2D eigenvalue weighted by atomic mass is 9.94. The lowest BCUT2D eigenvalue weighted by molar-refractivity contribution is -0.348. The maximum atomic E-state index is 13.6. The smallest absolute Gasteiger partial charge is 0.420 e. The minimum absolute atomic E-state index is 0.0993. The molecule has 3 aliphatic heterocycles. The SMILES string of the molecule is CO[C@H]1O[C@H](COC(=O)c2ccccc2)[C@H](OC2O[C@H](C)[C@H](N=[N+]=[N-])[C@@H]3OC(=O)N(C(=O)OC(C)(C)C)[C@@H]23)[C@H](OCc2ccccc2)[C@H]1OCc1ccccc1. The van der Waals surface area contributed by atoms with Gasteiger partial charge in [-0.15, -0.1) is 0 Å². The number of fused-ring (bicyclic) bond motifs is 1. The number of ether oxygens (including phenoxy) is 9. The van der Waals surface area contributed by atoms with Gasteiger partial charge in [0, 0.05) is 12.0 Å². The lowest BCUT2D eigenvalue weighted by Gasteiger charge is -2.48. The van der Waals surface area contributed by atoms with Crippen LogP contribution in [-0.2, 0) is 55.8 Å². The van der Waals surface area contributed by atoms with Crippen LogP contribution in [0.4, 0.5) is 9.59 Å². The second-order valence-electron chi connectivity index (χ2n) is 14.5. The van der Waals surface area contributed by atoms with E-state index >= 15 is 0 Å². The Labute approximate surface area is 324 Å². The number of amides is 2. The summed E-state index contributed by atoms with van der Waals surface area (Å²) >= 11 is 0. The van der Waals surface area contributed by atoms with E-state index in [1.54, 1.807) is 58.0 Å². The van der Waals surface area contributed by atoms with E-state index in [-0.39, 0.29) is 19.8 Å². The highest BCUT2D eigenvalue weighted by Crippen LogP contribution is 2.39. The molecule has 0 spiro atoms. The first-order chi connectivity index (χ1) is 27.0. The van der Waals surface area contributed by atoms with Crippen molar-refractivity contribution in [3.63, 3.8) is 0 Å². The largest absolute Gasteiger partial charge is 0.459 e. The predicted molar refractivity (Wildman–Crippen MR) is 197 cm³/mol. The minimum atomic E-state index is -1.42. The first kappa shape index (κ1) is 40.6. The summed E-state index contributed by atoms with van der Waals surface area (Å²) in [5.41, 5.74) is 10.5. The molecule has 3 aliphatic rings. The number of hydrogen-bond donors (Lipinski definition) is 0. The molecular formula is C40H46N4O12. The minimum Gasteiger partial charge on any atom is -0.459 e. The summed E-state index contributed by atoms with van der Waals surface area (Å²) in [6.45, 7) is 6.48. The van der Waals surface area contributed by atoms with Gasteiger partial charge in [0.05, 0.1) is 24.9 Å². The zero-order valence-electron chi connectivity index (χ0n) is 31.7. The fraction of sp³-hybridized carbons (Fsp3) is 0.475. The van der Waals surface area contributed by atoms with Gasteiger partial charge < -0.3 is 42.6 Å². The molecular weight excluding hydrogens is 728 g/mol. The number of benzene rings is 3. The summed E-state index contributed by atoms with van der Waals surface area (Å²) in [5, 5.41) is 3.85. The van der Waals surface area contributed by atoms with Crippen LogP contribution in [0.25, 0.3) is 10.4 Å². The molecule has 3 heterocycles. The number of rotatable bonds is 13. The molecule has 16 nitrogen and oxygen atoms in total. The number of methoxy groups -OCH3 is 1. The predicted octanol–water partition coefficient (Wildman–Crippen LogP) is 6.32. The van der Waals surface area contributed by atoms with E-state index in [4.69, 9.17) is 42.6 Å². The van der Waals surface area contributed by atoms with Crippen LogP contribution < -0.4 is 0 Å². The number of carbonyl (C=O) groups is 3. The van der Waals surface area contributed by atoms with Crippen LogP contribution in [0.1, 0.15) is 49.2 Å². The van der Waals surface area contributed by atoms with Crippen LogP contribution in [0.3, 0.4) is 0 Å². The number of azide groups is 1. The number of imide groups is 1. The summed E-state index contributed by atoms with van der Waals surface area (Å²) < 4.78 is 55.7. The fourth-order valence-electron chi connectivity index (χ4n) is 6.77. The normalized spacial score (nSPS) is 28.7. The Morgan fingerprint density at radius 2 is 1.43 bits per heavy atom. The summed E-state index contributed by atoms with van der Waals surface area (Å²) in [7, 11) is 1.46. The molecule has 3 aromatic rings. The van der Waals surface area contributed by atoms with Crippen molar-refractivity contribution >= 4 is 18.2 Å². The van der Waals surface area contributed by atoms with Crippen LogP contribution in [0.5, 0.6) is 0 Å². The van der Waals surface area contributed by atoms with Crippen LogP contribution in [0.15, 0.2) is 96.1 Å². The Hall–Kier alpha value is -5.06. The molecule has 2 amide bonds. The average Bonchev–Trinajstić information content (AvgIpc) is 3.54. The van der Waals surface area contributed by atoms with Crippen molar-refractivity contribution in [1.82, 2.24) is 4.90 Å². The van der Waals surface area contributed by atoms with Gasteiger partial charge in [0.25, 0.3) is 0 Å². The topological polar surface area (TPSA) is 186 Å². The number of hydrogen-bond acceptors (Lipinski definition) is 13. The fourth-order valence-corrected chi connectivity index (χ4v) is 6.77. The van der Waals surface area contributed by atoms with Gasteiger partial charge in [-0.05, 0) is 56.5 Å². The molecule has 298 valence electrons. The van der Waals surface area contributed by atoms with Gasteiger partial charge in [-0.3, -0.25) is 0 Å². The van der Waals surface area contributed by atoms with E-state index in [1.165, 1.54) is 7.11 Å². The summed E-state index contributed by atoms with van der Waals surface area (Å²) in [5.74, 6) is -0.614. The Bertz CT molecular complexity index is 1820. The summed E-state index contributed by atoms with van der Waals surface area (Å²) in [6, 6.07) is 25.0. The van der Waals surface area contributed by atoms with Crippen molar-refractivity contribution in [1.29, 1.82) is 0 Å². The first-order valence-electron chi connectivity index (χ1n) is 18.3. The van der Waals surface area contributed by atoms with Crippen molar-refractivity contribution in [3.05, 3.63) is 118 Å². The third kappa shape index (κ3) is 9.65. The number of nitrogens with zero attached hydrogens (tertiary/aromatic N) is 4. The van der Waals surface area contributed by atoms with E-state index in [2.05, 4.69) is 10.0 Å². The Kier molecular flexibility index (Phi) is 13.2. The van der Waals surface area contributed by atoms with Gasteiger partial charge in [0.1, 0.15) is 54.8 Å². The molecule has 6 rings (SSSR count). The molecule has 0 N–H and O–H groups in total. The molecule has 56 heavy (non-hydrogen) atoms. The second kappa shape index (κ2) is 18.3. The molecule has 0 saturated carbocycles. The van der Waals surface area contributed by atoms with Gasteiger partial charge >= 0.3 is 18.2 Å². The van der Waals surface area contributed by atoms with E-state index < -0.39 is 85.0 Å². The van der Waals surface area contributed by atoms with Crippen molar-refractivity contribution in [2.24, 2.45) is 5.11 Å². The molecule has 3 aromatic carbocycles. The zero-order valence-corrected chi connectivity index (χ0v) is 31.7. The highest BCUT2D eigenvalue weighted by molar-refractivity contribution is 5.90. The molecule has 0 aliphatic carbocycles. The second-order valence-corrected chi connectivity index (χ2v) is 14.5. The standard InChI is InChI=1S/C40H46N4O12/c1-24-29(42-43-41)32-30(44(38(46)55-32)39(47)56-40(2,3)4)36(52-24)54-31-28(23-51-35(45)27-19-13-8-14-20-27)53-37(48-5)34(50-22-26-17-11-7-12-18-26)33(31)49-21-25-15-9-6-10-16-25/h6-20,24,28-34,36-37H,21-23H2,1-5H3/t24-,28-,29+,30-,31+,32+,33+,34-,36?,37+/m1/s1. The van der Waals surface area contributed by atoms with Gasteiger partial charge in [0.15, 0.2) is 12.6 Å². The van der Waals surface area contributed by atoms with Gasteiger partial charge in [-0.1, -0.05) is 84.0 Å². The maximum absolute atomic E-state index is 13.6. The van der Waals surface area contributed by atoms with Gasteiger partial charge in [-0.2, -0.15) is 0 Å². The maximum Gasteiger partial charge on any atom is 0.420 e. The molecule has 10 atom stereocenters. The summed E-state index contributed by atoms with van der Waals surface area (Å²) in [4.78, 5) is 44.0. The molecule has 0 bridgehead atoms. The quantitative estimate of drug-likeness (QED) is 0.0620. The molecule has 16 heteroatoms. The molecule has 0 aromatic heterocycles.